The van der Waals surface area contributed by atoms with Crippen molar-refractivity contribution in [2.24, 2.45) is 5.92 Å². The van der Waals surface area contributed by atoms with Crippen LogP contribution in [0.3, 0.4) is 0 Å². The second-order valence-corrected chi connectivity index (χ2v) is 6.73. The van der Waals surface area contributed by atoms with Gasteiger partial charge in [0, 0.05) is 32.1 Å². The molecule has 122 valence electrons. The molecule has 0 aliphatic carbocycles. The number of hydrogen-bond donors (Lipinski definition) is 1. The van der Waals surface area contributed by atoms with E-state index in [-0.39, 0.29) is 0 Å². The van der Waals surface area contributed by atoms with Gasteiger partial charge in [-0.1, -0.05) is 0 Å². The lowest BCUT2D eigenvalue weighted by Gasteiger charge is -2.33. The van der Waals surface area contributed by atoms with Crippen molar-refractivity contribution >= 4 is 5.91 Å². The predicted octanol–water partition coefficient (Wildman–Crippen LogP) is 1.28. The van der Waals surface area contributed by atoms with E-state index in [0.29, 0.717) is 24.3 Å². The topological polar surface area (TPSA) is 63.1 Å². The van der Waals surface area contributed by atoms with Crippen molar-refractivity contribution in [3.8, 4) is 0 Å². The van der Waals surface area contributed by atoms with Gasteiger partial charge in [-0.15, -0.1) is 0 Å². The Labute approximate surface area is 132 Å². The maximum Gasteiger partial charge on any atom is 0.224 e. The maximum absolute atomic E-state index is 12.5. The highest BCUT2D eigenvalue weighted by Crippen LogP contribution is 2.20. The average molecular weight is 305 g/mol. The van der Waals surface area contributed by atoms with Crippen molar-refractivity contribution in [2.45, 2.75) is 58.5 Å². The largest absolute Gasteiger partial charge is 0.342 e. The van der Waals surface area contributed by atoms with Gasteiger partial charge >= 0.3 is 0 Å². The van der Waals surface area contributed by atoms with Gasteiger partial charge in [-0.25, -0.2) is 9.67 Å². The maximum atomic E-state index is 12.5. The standard InChI is InChI=1S/C16H27N5O/c1-12-18-13(2)21(19-12)11-14-5-4-8-20(10-14)16(22)9-15-6-3-7-17-15/h14-15,17H,3-11H2,1-2H3. The molecule has 1 N–H and O–H groups in total. The Morgan fingerprint density at radius 1 is 1.32 bits per heavy atom. The Morgan fingerprint density at radius 3 is 2.86 bits per heavy atom. The van der Waals surface area contributed by atoms with Crippen LogP contribution < -0.4 is 5.32 Å². The number of nitrogens with zero attached hydrogens (tertiary/aromatic N) is 4. The van der Waals surface area contributed by atoms with Gasteiger partial charge in [-0.3, -0.25) is 4.79 Å². The van der Waals surface area contributed by atoms with Gasteiger partial charge in [0.25, 0.3) is 0 Å². The third-order valence-corrected chi connectivity index (χ3v) is 4.85. The summed E-state index contributed by atoms with van der Waals surface area (Å²) in [5.74, 6) is 2.61. The highest BCUT2D eigenvalue weighted by Gasteiger charge is 2.27. The van der Waals surface area contributed by atoms with Crippen molar-refractivity contribution in [1.29, 1.82) is 0 Å². The zero-order valence-electron chi connectivity index (χ0n) is 13.7. The van der Waals surface area contributed by atoms with E-state index in [0.717, 1.165) is 50.7 Å². The fraction of sp³-hybridized carbons (Fsp3) is 0.812. The molecule has 1 aromatic rings. The summed E-state index contributed by atoms with van der Waals surface area (Å²) < 4.78 is 1.99. The van der Waals surface area contributed by atoms with E-state index < -0.39 is 0 Å². The van der Waals surface area contributed by atoms with Crippen LogP contribution in [0.5, 0.6) is 0 Å². The van der Waals surface area contributed by atoms with Crippen molar-refractivity contribution in [3.63, 3.8) is 0 Å². The second-order valence-electron chi connectivity index (χ2n) is 6.73. The lowest BCUT2D eigenvalue weighted by Crippen LogP contribution is -2.43. The lowest BCUT2D eigenvalue weighted by atomic mass is 9.97. The third kappa shape index (κ3) is 3.66. The van der Waals surface area contributed by atoms with E-state index in [1.165, 1.54) is 12.8 Å². The van der Waals surface area contributed by atoms with Gasteiger partial charge in [-0.05, 0) is 52.0 Å². The summed E-state index contributed by atoms with van der Waals surface area (Å²) in [4.78, 5) is 18.9. The molecular formula is C16H27N5O. The van der Waals surface area contributed by atoms with Crippen LogP contribution >= 0.6 is 0 Å². The number of hydrogen-bond acceptors (Lipinski definition) is 4. The molecule has 2 saturated heterocycles. The molecule has 2 unspecified atom stereocenters. The summed E-state index contributed by atoms with van der Waals surface area (Å²) in [6.45, 7) is 7.64. The van der Waals surface area contributed by atoms with Crippen LogP contribution in [-0.2, 0) is 11.3 Å². The molecule has 2 fully saturated rings. The van der Waals surface area contributed by atoms with Crippen molar-refractivity contribution in [1.82, 2.24) is 25.0 Å². The molecule has 0 radical (unpaired) electrons. The fourth-order valence-corrected chi connectivity index (χ4v) is 3.69. The average Bonchev–Trinajstić information content (AvgIpc) is 3.09. The molecule has 3 rings (SSSR count). The van der Waals surface area contributed by atoms with Crippen LogP contribution in [0, 0.1) is 19.8 Å². The van der Waals surface area contributed by atoms with Gasteiger partial charge in [0.05, 0.1) is 0 Å². The predicted molar refractivity (Wildman–Crippen MR) is 84.4 cm³/mol. The molecule has 2 aliphatic rings. The van der Waals surface area contributed by atoms with Crippen LogP contribution in [0.4, 0.5) is 0 Å². The van der Waals surface area contributed by atoms with Gasteiger partial charge < -0.3 is 10.2 Å². The normalized spacial score (nSPS) is 25.6. The molecule has 1 aromatic heterocycles. The Morgan fingerprint density at radius 2 is 2.18 bits per heavy atom. The second kappa shape index (κ2) is 6.77. The van der Waals surface area contributed by atoms with Gasteiger partial charge in [0.2, 0.25) is 5.91 Å². The first-order valence-corrected chi connectivity index (χ1v) is 8.51. The SMILES string of the molecule is Cc1nc(C)n(CC2CCCN(C(=O)CC3CCCN3)C2)n1. The molecule has 22 heavy (non-hydrogen) atoms. The summed E-state index contributed by atoms with van der Waals surface area (Å²) >= 11 is 0. The van der Waals surface area contributed by atoms with Crippen LogP contribution in [-0.4, -0.2) is 51.2 Å². The highest BCUT2D eigenvalue weighted by molar-refractivity contribution is 5.77. The van der Waals surface area contributed by atoms with Crippen LogP contribution in [0.2, 0.25) is 0 Å². The first-order chi connectivity index (χ1) is 10.6. The minimum absolute atomic E-state index is 0.315. The molecule has 1 amide bonds. The lowest BCUT2D eigenvalue weighted by molar-refractivity contribution is -0.133. The molecule has 0 aromatic carbocycles. The van der Waals surface area contributed by atoms with Crippen molar-refractivity contribution in [3.05, 3.63) is 11.6 Å². The summed E-state index contributed by atoms with van der Waals surface area (Å²) in [5, 5.41) is 7.87. The number of likely N-dealkylation sites (tertiary alicyclic amines) is 1. The molecule has 0 bridgehead atoms. The molecule has 0 saturated carbocycles. The molecule has 3 heterocycles. The Hall–Kier alpha value is -1.43. The number of carbonyl (C=O) groups is 1. The molecular weight excluding hydrogens is 278 g/mol. The minimum atomic E-state index is 0.315. The Bertz CT molecular complexity index is 521. The third-order valence-electron chi connectivity index (χ3n) is 4.85. The van der Waals surface area contributed by atoms with Crippen LogP contribution in [0.1, 0.15) is 43.8 Å². The molecule has 0 spiro atoms. The van der Waals surface area contributed by atoms with Crippen molar-refractivity contribution in [2.75, 3.05) is 19.6 Å². The van der Waals surface area contributed by atoms with Crippen molar-refractivity contribution < 1.29 is 4.79 Å². The zero-order valence-corrected chi connectivity index (χ0v) is 13.7. The quantitative estimate of drug-likeness (QED) is 0.910. The van der Waals surface area contributed by atoms with Gasteiger partial charge in [0.15, 0.2) is 0 Å². The number of carbonyl (C=O) groups excluding carboxylic acids is 1. The molecule has 2 atom stereocenters. The highest BCUT2D eigenvalue weighted by atomic mass is 16.2. The van der Waals surface area contributed by atoms with Crippen LogP contribution in [0.25, 0.3) is 0 Å². The van der Waals surface area contributed by atoms with Gasteiger partial charge in [0.1, 0.15) is 11.6 Å². The number of amides is 1. The number of aromatic nitrogens is 3. The molecule has 6 heteroatoms. The van der Waals surface area contributed by atoms with E-state index in [1.54, 1.807) is 0 Å². The van der Waals surface area contributed by atoms with E-state index in [1.807, 2.05) is 18.5 Å². The number of rotatable bonds is 4. The Balaban J connectivity index is 1.54. The zero-order chi connectivity index (χ0) is 15.5. The summed E-state index contributed by atoms with van der Waals surface area (Å²) in [6.07, 6.45) is 5.27. The monoisotopic (exact) mass is 305 g/mol. The van der Waals surface area contributed by atoms with E-state index in [9.17, 15) is 4.79 Å². The molecule has 6 nitrogen and oxygen atoms in total. The van der Waals surface area contributed by atoms with Crippen LogP contribution in [0.15, 0.2) is 0 Å². The number of nitrogens with one attached hydrogen (secondary N) is 1. The Kier molecular flexibility index (Phi) is 4.76. The fourth-order valence-electron chi connectivity index (χ4n) is 3.69. The van der Waals surface area contributed by atoms with E-state index in [2.05, 4.69) is 20.3 Å². The first-order valence-electron chi connectivity index (χ1n) is 8.51. The first kappa shape index (κ1) is 15.5. The van der Waals surface area contributed by atoms with E-state index in [4.69, 9.17) is 0 Å². The van der Waals surface area contributed by atoms with E-state index >= 15 is 0 Å². The molecule has 2 aliphatic heterocycles. The number of piperidine rings is 1. The summed E-state index contributed by atoms with van der Waals surface area (Å²) in [7, 11) is 0. The minimum Gasteiger partial charge on any atom is -0.342 e. The number of aryl methyl sites for hydroxylation is 2. The smallest absolute Gasteiger partial charge is 0.224 e. The summed E-state index contributed by atoms with van der Waals surface area (Å²) in [6, 6.07) is 0.396. The van der Waals surface area contributed by atoms with Gasteiger partial charge in [-0.2, -0.15) is 5.10 Å². The summed E-state index contributed by atoms with van der Waals surface area (Å²) in [5.41, 5.74) is 0.